The van der Waals surface area contributed by atoms with Crippen LogP contribution in [0.15, 0.2) is 48.5 Å². The molecule has 132 valence electrons. The molecule has 0 aliphatic carbocycles. The highest BCUT2D eigenvalue weighted by Crippen LogP contribution is 2.18. The molecule has 3 N–H and O–H groups in total. The number of ether oxygens (including phenoxy) is 1. The molecule has 8 heteroatoms. The zero-order valence-electron chi connectivity index (χ0n) is 13.9. The molecule has 0 aliphatic heterocycles. The maximum absolute atomic E-state index is 12.9. The Labute approximate surface area is 149 Å². The highest BCUT2D eigenvalue weighted by molar-refractivity contribution is 5.89. The van der Waals surface area contributed by atoms with Crippen molar-refractivity contribution in [2.75, 3.05) is 11.1 Å². The number of halogens is 1. The predicted molar refractivity (Wildman–Crippen MR) is 94.2 cm³/mol. The van der Waals surface area contributed by atoms with Crippen molar-refractivity contribution < 1.29 is 13.9 Å². The van der Waals surface area contributed by atoms with E-state index in [4.69, 9.17) is 10.5 Å². The SMILES string of the molecule is Cc1ccccc1Nc1nc(N)nc(COC(=O)c2ccc(F)cc2)n1. The van der Waals surface area contributed by atoms with Crippen molar-refractivity contribution in [1.82, 2.24) is 15.0 Å². The van der Waals surface area contributed by atoms with Gasteiger partial charge in [-0.25, -0.2) is 9.18 Å². The molecule has 1 heterocycles. The molecule has 26 heavy (non-hydrogen) atoms. The molecule has 0 radical (unpaired) electrons. The van der Waals surface area contributed by atoms with Crippen molar-refractivity contribution in [3.05, 3.63) is 71.3 Å². The smallest absolute Gasteiger partial charge is 0.338 e. The molecule has 0 spiro atoms. The second-order valence-electron chi connectivity index (χ2n) is 5.46. The lowest BCUT2D eigenvalue weighted by molar-refractivity contribution is 0.0462. The van der Waals surface area contributed by atoms with E-state index in [0.717, 1.165) is 11.3 Å². The highest BCUT2D eigenvalue weighted by atomic mass is 19.1. The number of nitrogens with two attached hydrogens (primary N) is 1. The Morgan fingerprint density at radius 2 is 1.85 bits per heavy atom. The standard InChI is InChI=1S/C18H16FN5O2/c1-11-4-2-3-5-14(11)21-18-23-15(22-17(20)24-18)10-26-16(25)12-6-8-13(19)9-7-12/h2-9H,10H2,1H3,(H3,20,21,22,23,24). The zero-order chi connectivity index (χ0) is 18.5. The summed E-state index contributed by atoms with van der Waals surface area (Å²) in [6, 6.07) is 12.7. The maximum atomic E-state index is 12.9. The van der Waals surface area contributed by atoms with Crippen LogP contribution in [0.2, 0.25) is 0 Å². The molecule has 0 saturated carbocycles. The van der Waals surface area contributed by atoms with Crippen molar-refractivity contribution in [2.24, 2.45) is 0 Å². The number of aromatic nitrogens is 3. The predicted octanol–water partition coefficient (Wildman–Crippen LogP) is 3.00. The summed E-state index contributed by atoms with van der Waals surface area (Å²) in [6.07, 6.45) is 0. The summed E-state index contributed by atoms with van der Waals surface area (Å²) >= 11 is 0. The van der Waals surface area contributed by atoms with Gasteiger partial charge in [0.25, 0.3) is 0 Å². The molecule has 0 amide bonds. The Balaban J connectivity index is 1.70. The second-order valence-corrected chi connectivity index (χ2v) is 5.46. The maximum Gasteiger partial charge on any atom is 0.338 e. The molecule has 0 unspecified atom stereocenters. The number of para-hydroxylation sites is 1. The number of carbonyl (C=O) groups excluding carboxylic acids is 1. The molecule has 3 aromatic rings. The number of benzene rings is 2. The molecule has 7 nitrogen and oxygen atoms in total. The van der Waals surface area contributed by atoms with Crippen molar-refractivity contribution in [2.45, 2.75) is 13.5 Å². The number of esters is 1. The van der Waals surface area contributed by atoms with Gasteiger partial charge in [-0.15, -0.1) is 0 Å². The van der Waals surface area contributed by atoms with E-state index in [1.165, 1.54) is 24.3 Å². The summed E-state index contributed by atoms with van der Waals surface area (Å²) in [4.78, 5) is 24.2. The molecular weight excluding hydrogens is 337 g/mol. The largest absolute Gasteiger partial charge is 0.454 e. The van der Waals surface area contributed by atoms with Crippen LogP contribution in [-0.2, 0) is 11.3 Å². The van der Waals surface area contributed by atoms with Gasteiger partial charge in [0.05, 0.1) is 5.56 Å². The van der Waals surface area contributed by atoms with Crippen molar-refractivity contribution in [1.29, 1.82) is 0 Å². The molecule has 0 saturated heterocycles. The number of rotatable bonds is 5. The number of carbonyl (C=O) groups is 1. The van der Waals surface area contributed by atoms with E-state index in [-0.39, 0.29) is 29.9 Å². The normalized spacial score (nSPS) is 10.4. The van der Waals surface area contributed by atoms with E-state index in [2.05, 4.69) is 20.3 Å². The van der Waals surface area contributed by atoms with Crippen molar-refractivity contribution >= 4 is 23.6 Å². The molecule has 0 fully saturated rings. The van der Waals surface area contributed by atoms with Crippen LogP contribution in [0.1, 0.15) is 21.7 Å². The molecule has 0 atom stereocenters. The number of nitrogens with one attached hydrogen (secondary N) is 1. The van der Waals surface area contributed by atoms with Gasteiger partial charge in [-0.1, -0.05) is 18.2 Å². The first-order chi connectivity index (χ1) is 12.5. The van der Waals surface area contributed by atoms with Crippen LogP contribution in [0.4, 0.5) is 22.0 Å². The summed E-state index contributed by atoms with van der Waals surface area (Å²) in [7, 11) is 0. The minimum Gasteiger partial charge on any atom is -0.454 e. The van der Waals surface area contributed by atoms with Gasteiger partial charge >= 0.3 is 5.97 Å². The van der Waals surface area contributed by atoms with Crippen LogP contribution in [0, 0.1) is 12.7 Å². The van der Waals surface area contributed by atoms with E-state index in [9.17, 15) is 9.18 Å². The Hall–Kier alpha value is -3.55. The fraction of sp³-hybridized carbons (Fsp3) is 0.111. The van der Waals surface area contributed by atoms with Gasteiger partial charge in [0.1, 0.15) is 5.82 Å². The fourth-order valence-electron chi connectivity index (χ4n) is 2.19. The molecule has 3 rings (SSSR count). The van der Waals surface area contributed by atoms with E-state index >= 15 is 0 Å². The van der Waals surface area contributed by atoms with Gasteiger partial charge in [-0.05, 0) is 42.8 Å². The van der Waals surface area contributed by atoms with Gasteiger partial charge in [-0.3, -0.25) is 0 Å². The third-order valence-electron chi connectivity index (χ3n) is 3.50. The lowest BCUT2D eigenvalue weighted by Gasteiger charge is -2.09. The summed E-state index contributed by atoms with van der Waals surface area (Å²) in [5.41, 5.74) is 7.77. The summed E-state index contributed by atoms with van der Waals surface area (Å²) in [6.45, 7) is 1.75. The zero-order valence-corrected chi connectivity index (χ0v) is 13.9. The second kappa shape index (κ2) is 7.56. The van der Waals surface area contributed by atoms with Crippen LogP contribution >= 0.6 is 0 Å². The number of nitrogen functional groups attached to an aromatic ring is 1. The minimum atomic E-state index is -0.614. The number of anilines is 3. The number of hydrogen-bond acceptors (Lipinski definition) is 7. The topological polar surface area (TPSA) is 103 Å². The first-order valence-corrected chi connectivity index (χ1v) is 7.77. The van der Waals surface area contributed by atoms with Crippen LogP contribution in [0.3, 0.4) is 0 Å². The van der Waals surface area contributed by atoms with E-state index in [1.807, 2.05) is 31.2 Å². The first-order valence-electron chi connectivity index (χ1n) is 7.77. The minimum absolute atomic E-state index is 0.00363. The average Bonchev–Trinajstić information content (AvgIpc) is 2.62. The lowest BCUT2D eigenvalue weighted by atomic mass is 10.2. The summed E-state index contributed by atoms with van der Waals surface area (Å²) in [5, 5.41) is 3.05. The van der Waals surface area contributed by atoms with Crippen LogP contribution in [0.25, 0.3) is 0 Å². The molecule has 1 aromatic heterocycles. The third-order valence-corrected chi connectivity index (χ3v) is 3.50. The molecule has 0 aliphatic rings. The van der Waals surface area contributed by atoms with E-state index < -0.39 is 11.8 Å². The monoisotopic (exact) mass is 353 g/mol. The Morgan fingerprint density at radius 3 is 2.58 bits per heavy atom. The van der Waals surface area contributed by atoms with Gasteiger partial charge in [0.2, 0.25) is 11.9 Å². The third kappa shape index (κ3) is 4.29. The number of nitrogens with zero attached hydrogens (tertiary/aromatic N) is 3. The quantitative estimate of drug-likeness (QED) is 0.680. The van der Waals surface area contributed by atoms with Crippen molar-refractivity contribution in [3.63, 3.8) is 0 Å². The number of hydrogen-bond donors (Lipinski definition) is 2. The Bertz CT molecular complexity index is 931. The fourth-order valence-corrected chi connectivity index (χ4v) is 2.19. The number of aryl methyl sites for hydroxylation is 1. The lowest BCUT2D eigenvalue weighted by Crippen LogP contribution is -2.11. The van der Waals surface area contributed by atoms with Crippen LogP contribution < -0.4 is 11.1 Å². The first kappa shape index (κ1) is 17.3. The average molecular weight is 353 g/mol. The van der Waals surface area contributed by atoms with Gasteiger partial charge in [-0.2, -0.15) is 15.0 Å². The van der Waals surface area contributed by atoms with E-state index in [1.54, 1.807) is 0 Å². The Kier molecular flexibility index (Phi) is 5.02. The molecular formula is C18H16FN5O2. The van der Waals surface area contributed by atoms with Gasteiger partial charge in [0.15, 0.2) is 12.4 Å². The van der Waals surface area contributed by atoms with Gasteiger partial charge in [0, 0.05) is 5.69 Å². The molecule has 2 aromatic carbocycles. The highest BCUT2D eigenvalue weighted by Gasteiger charge is 2.11. The van der Waals surface area contributed by atoms with E-state index in [0.29, 0.717) is 0 Å². The Morgan fingerprint density at radius 1 is 1.12 bits per heavy atom. The summed E-state index contributed by atoms with van der Waals surface area (Å²) in [5.74, 6) is -0.594. The van der Waals surface area contributed by atoms with Gasteiger partial charge < -0.3 is 15.8 Å². The van der Waals surface area contributed by atoms with Crippen LogP contribution in [-0.4, -0.2) is 20.9 Å². The summed E-state index contributed by atoms with van der Waals surface area (Å²) < 4.78 is 18.0. The molecule has 0 bridgehead atoms. The van der Waals surface area contributed by atoms with Crippen molar-refractivity contribution in [3.8, 4) is 0 Å². The van der Waals surface area contributed by atoms with Crippen LogP contribution in [0.5, 0.6) is 0 Å².